The Kier molecular flexibility index (Phi) is 5.16. The van der Waals surface area contributed by atoms with Crippen molar-refractivity contribution >= 4 is 29.2 Å². The number of anilines is 1. The standard InChI is InChI=1S/C13H16ClNO3/c1-3-8(4-2)12(16)15-11-6-5-9(14)7-10(11)13(17)18/h5-8H,3-4H2,1-2H3,(H,15,16)(H,17,18). The fourth-order valence-electron chi connectivity index (χ4n) is 1.70. The van der Waals surface area contributed by atoms with Crippen LogP contribution >= 0.6 is 11.6 Å². The predicted molar refractivity (Wildman–Crippen MR) is 71.1 cm³/mol. The summed E-state index contributed by atoms with van der Waals surface area (Å²) >= 11 is 5.74. The summed E-state index contributed by atoms with van der Waals surface area (Å²) in [6, 6.07) is 4.38. The van der Waals surface area contributed by atoms with Crippen molar-refractivity contribution in [2.24, 2.45) is 5.92 Å². The largest absolute Gasteiger partial charge is 0.478 e. The van der Waals surface area contributed by atoms with Crippen LogP contribution in [0.2, 0.25) is 5.02 Å². The first kappa shape index (κ1) is 14.5. The van der Waals surface area contributed by atoms with Crippen molar-refractivity contribution in [3.8, 4) is 0 Å². The highest BCUT2D eigenvalue weighted by Gasteiger charge is 2.17. The zero-order valence-electron chi connectivity index (χ0n) is 10.4. The van der Waals surface area contributed by atoms with Gasteiger partial charge in [-0.1, -0.05) is 25.4 Å². The third kappa shape index (κ3) is 3.47. The second-order valence-corrected chi connectivity index (χ2v) is 4.43. The zero-order chi connectivity index (χ0) is 13.7. The van der Waals surface area contributed by atoms with Gasteiger partial charge in [0.15, 0.2) is 0 Å². The number of benzene rings is 1. The van der Waals surface area contributed by atoms with Gasteiger partial charge < -0.3 is 10.4 Å². The molecule has 0 aromatic heterocycles. The smallest absolute Gasteiger partial charge is 0.337 e. The summed E-state index contributed by atoms with van der Waals surface area (Å²) < 4.78 is 0. The van der Waals surface area contributed by atoms with Gasteiger partial charge in [0.05, 0.1) is 11.3 Å². The third-order valence-corrected chi connectivity index (χ3v) is 3.06. The highest BCUT2D eigenvalue weighted by Crippen LogP contribution is 2.22. The lowest BCUT2D eigenvalue weighted by molar-refractivity contribution is -0.120. The van der Waals surface area contributed by atoms with Crippen LogP contribution in [0.4, 0.5) is 5.69 Å². The number of aromatic carboxylic acids is 1. The first-order chi connectivity index (χ1) is 8.49. The van der Waals surface area contributed by atoms with E-state index < -0.39 is 5.97 Å². The van der Waals surface area contributed by atoms with Crippen LogP contribution in [0.5, 0.6) is 0 Å². The predicted octanol–water partition coefficient (Wildman–Crippen LogP) is 3.41. The van der Waals surface area contributed by atoms with Gasteiger partial charge in [0.1, 0.15) is 0 Å². The Bertz CT molecular complexity index is 456. The van der Waals surface area contributed by atoms with Crippen LogP contribution in [0.15, 0.2) is 18.2 Å². The van der Waals surface area contributed by atoms with Crippen molar-refractivity contribution in [1.29, 1.82) is 0 Å². The molecule has 0 fully saturated rings. The average Bonchev–Trinajstić information content (AvgIpc) is 2.32. The number of carbonyl (C=O) groups is 2. The fraction of sp³-hybridized carbons (Fsp3) is 0.385. The van der Waals surface area contributed by atoms with Gasteiger partial charge in [-0.2, -0.15) is 0 Å². The molecule has 5 heteroatoms. The van der Waals surface area contributed by atoms with Crippen molar-refractivity contribution < 1.29 is 14.7 Å². The summed E-state index contributed by atoms with van der Waals surface area (Å²) in [5, 5.41) is 12.0. The highest BCUT2D eigenvalue weighted by molar-refractivity contribution is 6.31. The maximum atomic E-state index is 11.9. The summed E-state index contributed by atoms with van der Waals surface area (Å²) in [5.74, 6) is -1.38. The number of halogens is 1. The molecule has 1 amide bonds. The molecule has 0 aliphatic heterocycles. The SMILES string of the molecule is CCC(CC)C(=O)Nc1ccc(Cl)cc1C(=O)O. The van der Waals surface area contributed by atoms with E-state index in [2.05, 4.69) is 5.32 Å². The summed E-state index contributed by atoms with van der Waals surface area (Å²) in [7, 11) is 0. The molecule has 0 unspecified atom stereocenters. The monoisotopic (exact) mass is 269 g/mol. The minimum atomic E-state index is -1.11. The van der Waals surface area contributed by atoms with Crippen LogP contribution in [0, 0.1) is 5.92 Å². The number of hydrogen-bond acceptors (Lipinski definition) is 2. The van der Waals surface area contributed by atoms with Gasteiger partial charge in [-0.25, -0.2) is 4.79 Å². The summed E-state index contributed by atoms with van der Waals surface area (Å²) in [6.45, 7) is 3.85. The molecule has 0 aliphatic rings. The van der Waals surface area contributed by atoms with Gasteiger partial charge in [-0.15, -0.1) is 0 Å². The summed E-state index contributed by atoms with van der Waals surface area (Å²) in [6.07, 6.45) is 1.44. The Balaban J connectivity index is 2.97. The van der Waals surface area contributed by atoms with Crippen molar-refractivity contribution in [2.75, 3.05) is 5.32 Å². The normalized spacial score (nSPS) is 10.4. The molecule has 0 saturated heterocycles. The van der Waals surface area contributed by atoms with Gasteiger partial charge in [-0.3, -0.25) is 4.79 Å². The number of carboxylic acids is 1. The molecule has 0 spiro atoms. The maximum Gasteiger partial charge on any atom is 0.337 e. The highest BCUT2D eigenvalue weighted by atomic mass is 35.5. The van der Waals surface area contributed by atoms with Crippen LogP contribution in [-0.4, -0.2) is 17.0 Å². The second-order valence-electron chi connectivity index (χ2n) is 4.00. The quantitative estimate of drug-likeness (QED) is 0.861. The van der Waals surface area contributed by atoms with E-state index >= 15 is 0 Å². The van der Waals surface area contributed by atoms with Crippen molar-refractivity contribution in [3.63, 3.8) is 0 Å². The Morgan fingerprint density at radius 2 is 1.94 bits per heavy atom. The van der Waals surface area contributed by atoms with E-state index in [0.717, 1.165) is 12.8 Å². The van der Waals surface area contributed by atoms with Gasteiger partial charge in [0.2, 0.25) is 5.91 Å². The van der Waals surface area contributed by atoms with Crippen LogP contribution in [0.3, 0.4) is 0 Å². The van der Waals surface area contributed by atoms with Gasteiger partial charge in [0, 0.05) is 10.9 Å². The van der Waals surface area contributed by atoms with Gasteiger partial charge in [0.25, 0.3) is 0 Å². The first-order valence-electron chi connectivity index (χ1n) is 5.83. The molecule has 98 valence electrons. The van der Waals surface area contributed by atoms with E-state index in [1.54, 1.807) is 6.07 Å². The molecule has 0 bridgehead atoms. The van der Waals surface area contributed by atoms with Crippen molar-refractivity contribution in [2.45, 2.75) is 26.7 Å². The lowest BCUT2D eigenvalue weighted by Crippen LogP contribution is -2.22. The lowest BCUT2D eigenvalue weighted by Gasteiger charge is -2.14. The Morgan fingerprint density at radius 1 is 1.33 bits per heavy atom. The van der Waals surface area contributed by atoms with Crippen molar-refractivity contribution in [1.82, 2.24) is 0 Å². The van der Waals surface area contributed by atoms with Crippen molar-refractivity contribution in [3.05, 3.63) is 28.8 Å². The van der Waals surface area contributed by atoms with E-state index in [1.807, 2.05) is 13.8 Å². The molecule has 1 rings (SSSR count). The minimum absolute atomic E-state index is 0.00167. The molecule has 0 radical (unpaired) electrons. The van der Waals surface area contributed by atoms with E-state index in [9.17, 15) is 9.59 Å². The zero-order valence-corrected chi connectivity index (χ0v) is 11.1. The molecule has 1 aromatic carbocycles. The Hall–Kier alpha value is -1.55. The number of amides is 1. The molecule has 0 saturated carbocycles. The number of carbonyl (C=O) groups excluding carboxylic acids is 1. The third-order valence-electron chi connectivity index (χ3n) is 2.83. The molecular formula is C13H16ClNO3. The molecule has 0 aliphatic carbocycles. The molecule has 0 heterocycles. The van der Waals surface area contributed by atoms with Crippen LogP contribution < -0.4 is 5.32 Å². The summed E-state index contributed by atoms with van der Waals surface area (Å²) in [5.41, 5.74) is 0.283. The molecule has 2 N–H and O–H groups in total. The van der Waals surface area contributed by atoms with E-state index in [1.165, 1.54) is 12.1 Å². The molecule has 1 aromatic rings. The van der Waals surface area contributed by atoms with Crippen LogP contribution in [-0.2, 0) is 4.79 Å². The van der Waals surface area contributed by atoms with Crippen LogP contribution in [0.1, 0.15) is 37.0 Å². The van der Waals surface area contributed by atoms with Gasteiger partial charge in [-0.05, 0) is 31.0 Å². The topological polar surface area (TPSA) is 66.4 Å². The molecule has 0 atom stereocenters. The van der Waals surface area contributed by atoms with Crippen LogP contribution in [0.25, 0.3) is 0 Å². The average molecular weight is 270 g/mol. The molecule has 4 nitrogen and oxygen atoms in total. The number of hydrogen-bond donors (Lipinski definition) is 2. The van der Waals surface area contributed by atoms with E-state index in [4.69, 9.17) is 16.7 Å². The summed E-state index contributed by atoms with van der Waals surface area (Å²) in [4.78, 5) is 23.0. The fourth-order valence-corrected chi connectivity index (χ4v) is 1.87. The second kappa shape index (κ2) is 6.40. The molecule has 18 heavy (non-hydrogen) atoms. The number of nitrogens with one attached hydrogen (secondary N) is 1. The lowest BCUT2D eigenvalue weighted by atomic mass is 10.0. The van der Waals surface area contributed by atoms with E-state index in [-0.39, 0.29) is 23.1 Å². The Morgan fingerprint density at radius 3 is 2.44 bits per heavy atom. The van der Waals surface area contributed by atoms with E-state index in [0.29, 0.717) is 5.02 Å². The Labute approximate surface area is 111 Å². The first-order valence-corrected chi connectivity index (χ1v) is 6.21. The minimum Gasteiger partial charge on any atom is -0.478 e. The maximum absolute atomic E-state index is 11.9. The number of carboxylic acid groups (broad SMARTS) is 1. The molecular weight excluding hydrogens is 254 g/mol. The number of rotatable bonds is 5. The van der Waals surface area contributed by atoms with Gasteiger partial charge >= 0.3 is 5.97 Å².